The molecule has 3 heterocycles. The summed E-state index contributed by atoms with van der Waals surface area (Å²) in [5.41, 5.74) is 7.97. The number of hydrogen-bond donors (Lipinski definition) is 1. The SMILES string of the molecule is COc1cc(C)ccc1C(=O)N1C[C@@H]2C[C@H]1CN2C(=O)[C@@H](n1c(C(N)=O)cc2ccccc21)C(C)(C)C. The van der Waals surface area contributed by atoms with Crippen LogP contribution in [-0.4, -0.2) is 64.4 Å². The molecule has 0 spiro atoms. The topological polar surface area (TPSA) is 97.9 Å². The Morgan fingerprint density at radius 2 is 1.68 bits per heavy atom. The Balaban J connectivity index is 1.45. The van der Waals surface area contributed by atoms with Crippen LogP contribution in [0, 0.1) is 12.3 Å². The fourth-order valence-corrected chi connectivity index (χ4v) is 5.98. The molecule has 3 atom stereocenters. The van der Waals surface area contributed by atoms with Gasteiger partial charge in [0.25, 0.3) is 11.8 Å². The van der Waals surface area contributed by atoms with Crippen LogP contribution in [0.5, 0.6) is 5.75 Å². The van der Waals surface area contributed by atoms with Crippen LogP contribution in [-0.2, 0) is 4.79 Å². The number of benzene rings is 2. The first-order valence-corrected chi connectivity index (χ1v) is 12.7. The molecule has 0 aliphatic carbocycles. The molecule has 2 fully saturated rings. The maximum absolute atomic E-state index is 14.2. The highest BCUT2D eigenvalue weighted by molar-refractivity contribution is 6.00. The van der Waals surface area contributed by atoms with Crippen LogP contribution in [0.4, 0.5) is 0 Å². The van der Waals surface area contributed by atoms with Gasteiger partial charge >= 0.3 is 0 Å². The maximum atomic E-state index is 14.2. The number of primary amides is 1. The van der Waals surface area contributed by atoms with Crippen molar-refractivity contribution >= 4 is 28.6 Å². The zero-order chi connectivity index (χ0) is 26.6. The number of carbonyl (C=O) groups excluding carboxylic acids is 3. The number of ether oxygens (including phenoxy) is 1. The fourth-order valence-electron chi connectivity index (χ4n) is 5.98. The Morgan fingerprint density at radius 3 is 2.30 bits per heavy atom. The molecule has 0 unspecified atom stereocenters. The molecule has 0 saturated carbocycles. The van der Waals surface area contributed by atoms with E-state index in [1.165, 1.54) is 0 Å². The molecule has 1 aromatic heterocycles. The lowest BCUT2D eigenvalue weighted by Crippen LogP contribution is -2.53. The van der Waals surface area contributed by atoms with Gasteiger partial charge in [-0.05, 0) is 48.6 Å². The molecule has 3 aromatic rings. The quantitative estimate of drug-likeness (QED) is 0.574. The Bertz CT molecular complexity index is 1400. The predicted octanol–water partition coefficient (Wildman–Crippen LogP) is 3.77. The molecule has 2 aliphatic rings. The maximum Gasteiger partial charge on any atom is 0.265 e. The molecule has 8 heteroatoms. The Hall–Kier alpha value is -3.81. The fraction of sp³-hybridized carbons (Fsp3) is 0.414. The van der Waals surface area contributed by atoms with Gasteiger partial charge in [-0.2, -0.15) is 0 Å². The molecule has 2 saturated heterocycles. The Labute approximate surface area is 217 Å². The number of aryl methyl sites for hydroxylation is 1. The number of piperazine rings is 1. The average molecular weight is 503 g/mol. The summed E-state index contributed by atoms with van der Waals surface area (Å²) in [5, 5.41) is 0.866. The molecule has 2 aromatic carbocycles. The summed E-state index contributed by atoms with van der Waals surface area (Å²) < 4.78 is 7.28. The van der Waals surface area contributed by atoms with Gasteiger partial charge in [0, 0.05) is 24.0 Å². The van der Waals surface area contributed by atoms with E-state index in [0.717, 1.165) is 22.9 Å². The molecule has 3 amide bonds. The molecule has 0 radical (unpaired) electrons. The number of aromatic nitrogens is 1. The molecule has 2 aliphatic heterocycles. The minimum absolute atomic E-state index is 0.0520. The van der Waals surface area contributed by atoms with Crippen molar-refractivity contribution in [2.24, 2.45) is 11.1 Å². The monoisotopic (exact) mass is 502 g/mol. The van der Waals surface area contributed by atoms with Crippen molar-refractivity contribution in [3.8, 4) is 5.75 Å². The zero-order valence-electron chi connectivity index (χ0n) is 22.0. The number of para-hydroxylation sites is 1. The third-order valence-corrected chi connectivity index (χ3v) is 7.68. The smallest absolute Gasteiger partial charge is 0.265 e. The van der Waals surface area contributed by atoms with Gasteiger partial charge in [0.15, 0.2) is 0 Å². The number of nitrogens with zero attached hydrogens (tertiary/aromatic N) is 3. The average Bonchev–Trinajstić information content (AvgIpc) is 3.56. The standard InChI is InChI=1S/C29H34N4O4/c1-17-10-11-21(24(12-17)37-5)27(35)31-15-20-14-19(31)16-32(20)28(36)25(29(2,3)4)33-22-9-7-6-8-18(22)13-23(33)26(30)34/h6-13,19-20,25H,14-16H2,1-5H3,(H2,30,34)/t19-,20-,25+/m0/s1. The van der Waals surface area contributed by atoms with Gasteiger partial charge < -0.3 is 24.8 Å². The number of fused-ring (bicyclic) bond motifs is 3. The minimum atomic E-state index is -0.629. The molecular weight excluding hydrogens is 468 g/mol. The lowest BCUT2D eigenvalue weighted by molar-refractivity contribution is -0.140. The summed E-state index contributed by atoms with van der Waals surface area (Å²) in [5.74, 6) is -0.128. The van der Waals surface area contributed by atoms with Gasteiger partial charge in [-0.25, -0.2) is 0 Å². The van der Waals surface area contributed by atoms with E-state index in [1.54, 1.807) is 13.2 Å². The minimum Gasteiger partial charge on any atom is -0.496 e. The number of amides is 3. The van der Waals surface area contributed by atoms with Crippen molar-refractivity contribution in [3.05, 3.63) is 65.4 Å². The molecule has 2 N–H and O–H groups in total. The van der Waals surface area contributed by atoms with E-state index in [9.17, 15) is 14.4 Å². The van der Waals surface area contributed by atoms with Crippen LogP contribution >= 0.6 is 0 Å². The van der Waals surface area contributed by atoms with Crippen LogP contribution in [0.2, 0.25) is 0 Å². The van der Waals surface area contributed by atoms with E-state index in [-0.39, 0.29) is 23.9 Å². The van der Waals surface area contributed by atoms with Crippen molar-refractivity contribution in [2.75, 3.05) is 20.2 Å². The van der Waals surface area contributed by atoms with Gasteiger partial charge in [0.05, 0.1) is 24.8 Å². The second kappa shape index (κ2) is 8.94. The molecule has 37 heavy (non-hydrogen) atoms. The first-order chi connectivity index (χ1) is 17.5. The zero-order valence-corrected chi connectivity index (χ0v) is 22.0. The van der Waals surface area contributed by atoms with Gasteiger partial charge in [-0.3, -0.25) is 14.4 Å². The van der Waals surface area contributed by atoms with Crippen LogP contribution in [0.1, 0.15) is 59.6 Å². The van der Waals surface area contributed by atoms with Crippen molar-refractivity contribution in [3.63, 3.8) is 0 Å². The van der Waals surface area contributed by atoms with Crippen LogP contribution in [0.3, 0.4) is 0 Å². The molecule has 5 rings (SSSR count). The van der Waals surface area contributed by atoms with Crippen molar-refractivity contribution in [1.82, 2.24) is 14.4 Å². The second-order valence-corrected chi connectivity index (χ2v) is 11.3. The lowest BCUT2D eigenvalue weighted by Gasteiger charge is -2.40. The summed E-state index contributed by atoms with van der Waals surface area (Å²) in [4.78, 5) is 43.9. The highest BCUT2D eigenvalue weighted by Gasteiger charge is 2.50. The molecule has 8 nitrogen and oxygen atoms in total. The number of likely N-dealkylation sites (tertiary alicyclic amines) is 2. The summed E-state index contributed by atoms with van der Waals surface area (Å²) in [6.45, 7) is 8.90. The highest BCUT2D eigenvalue weighted by atomic mass is 16.5. The van der Waals surface area contributed by atoms with Crippen LogP contribution in [0.25, 0.3) is 10.9 Å². The van der Waals surface area contributed by atoms with E-state index in [0.29, 0.717) is 30.1 Å². The predicted molar refractivity (Wildman–Crippen MR) is 142 cm³/mol. The highest BCUT2D eigenvalue weighted by Crippen LogP contribution is 2.41. The van der Waals surface area contributed by atoms with Gasteiger partial charge in [-0.15, -0.1) is 0 Å². The van der Waals surface area contributed by atoms with E-state index in [1.807, 2.05) is 84.5 Å². The van der Waals surface area contributed by atoms with Gasteiger partial charge in [0.2, 0.25) is 5.91 Å². The third-order valence-electron chi connectivity index (χ3n) is 7.68. The molecular formula is C29H34N4O4. The summed E-state index contributed by atoms with van der Waals surface area (Å²) in [6, 6.07) is 14.2. The van der Waals surface area contributed by atoms with E-state index >= 15 is 0 Å². The summed E-state index contributed by atoms with van der Waals surface area (Å²) in [7, 11) is 1.57. The Morgan fingerprint density at radius 1 is 1.00 bits per heavy atom. The van der Waals surface area contributed by atoms with Crippen molar-refractivity contribution in [2.45, 2.75) is 52.2 Å². The summed E-state index contributed by atoms with van der Waals surface area (Å²) >= 11 is 0. The number of nitrogens with two attached hydrogens (primary N) is 1. The first kappa shape index (κ1) is 24.9. The second-order valence-electron chi connectivity index (χ2n) is 11.3. The van der Waals surface area contributed by atoms with E-state index in [4.69, 9.17) is 10.5 Å². The van der Waals surface area contributed by atoms with Crippen molar-refractivity contribution in [1.29, 1.82) is 0 Å². The summed E-state index contributed by atoms with van der Waals surface area (Å²) in [6.07, 6.45) is 0.734. The largest absolute Gasteiger partial charge is 0.496 e. The van der Waals surface area contributed by atoms with Crippen molar-refractivity contribution < 1.29 is 19.1 Å². The van der Waals surface area contributed by atoms with E-state index < -0.39 is 17.4 Å². The van der Waals surface area contributed by atoms with Gasteiger partial charge in [-0.1, -0.05) is 45.0 Å². The molecule has 194 valence electrons. The molecule has 2 bridgehead atoms. The normalized spacial score (nSPS) is 19.9. The Kier molecular flexibility index (Phi) is 6.01. The third kappa shape index (κ3) is 4.14. The lowest BCUT2D eigenvalue weighted by atomic mass is 9.85. The van der Waals surface area contributed by atoms with Crippen LogP contribution < -0.4 is 10.5 Å². The van der Waals surface area contributed by atoms with E-state index in [2.05, 4.69) is 0 Å². The number of rotatable bonds is 5. The first-order valence-electron chi connectivity index (χ1n) is 12.7. The van der Waals surface area contributed by atoms with Crippen LogP contribution in [0.15, 0.2) is 48.5 Å². The number of methoxy groups -OCH3 is 1. The number of carbonyl (C=O) groups is 3. The van der Waals surface area contributed by atoms with Gasteiger partial charge in [0.1, 0.15) is 17.5 Å². The number of hydrogen-bond acceptors (Lipinski definition) is 4.